The van der Waals surface area contributed by atoms with E-state index in [4.69, 9.17) is 4.74 Å². The first-order valence-electron chi connectivity index (χ1n) is 9.34. The molecule has 25 heavy (non-hydrogen) atoms. The van der Waals surface area contributed by atoms with Crippen LogP contribution in [-0.2, 0) is 22.4 Å². The van der Waals surface area contributed by atoms with Crippen LogP contribution in [0.2, 0.25) is 0 Å². The Bertz CT molecular complexity index is 857. The number of carbonyl (C=O) groups excluding carboxylic acids is 1. The largest absolute Gasteiger partial charge is 0.465 e. The first kappa shape index (κ1) is 15.0. The highest BCUT2D eigenvalue weighted by molar-refractivity contribution is 5.71. The van der Waals surface area contributed by atoms with E-state index in [2.05, 4.69) is 48.2 Å². The van der Waals surface area contributed by atoms with E-state index in [1.165, 1.54) is 33.5 Å². The number of hydrogen-bond donors (Lipinski definition) is 0. The number of anilines is 1. The Morgan fingerprint density at radius 3 is 2.92 bits per heavy atom. The summed E-state index contributed by atoms with van der Waals surface area (Å²) in [5.74, 6) is 0.514. The van der Waals surface area contributed by atoms with Gasteiger partial charge in [0.1, 0.15) is 0 Å². The number of nitrogens with zero attached hydrogens (tertiary/aromatic N) is 1. The molecule has 2 aromatic carbocycles. The van der Waals surface area contributed by atoms with E-state index in [1.54, 1.807) is 0 Å². The van der Waals surface area contributed by atoms with E-state index < -0.39 is 0 Å². The van der Waals surface area contributed by atoms with Crippen LogP contribution in [0, 0.1) is 6.92 Å². The van der Waals surface area contributed by atoms with Crippen LogP contribution >= 0.6 is 0 Å². The molecule has 0 radical (unpaired) electrons. The second-order valence-corrected chi connectivity index (χ2v) is 7.62. The second kappa shape index (κ2) is 5.62. The van der Waals surface area contributed by atoms with Crippen molar-refractivity contribution < 1.29 is 9.53 Å². The van der Waals surface area contributed by atoms with Crippen molar-refractivity contribution >= 4 is 11.7 Å². The molecule has 0 amide bonds. The monoisotopic (exact) mass is 333 g/mol. The Morgan fingerprint density at radius 2 is 2.00 bits per heavy atom. The van der Waals surface area contributed by atoms with Gasteiger partial charge in [-0.2, -0.15) is 0 Å². The maximum Gasteiger partial charge on any atom is 0.307 e. The van der Waals surface area contributed by atoms with Crippen molar-refractivity contribution in [2.75, 3.05) is 18.1 Å². The number of esters is 1. The predicted octanol–water partition coefficient (Wildman–Crippen LogP) is 4.08. The zero-order chi connectivity index (χ0) is 17.0. The molecular weight excluding hydrogens is 310 g/mol. The smallest absolute Gasteiger partial charge is 0.307 e. The van der Waals surface area contributed by atoms with Crippen LogP contribution in [0.3, 0.4) is 0 Å². The van der Waals surface area contributed by atoms with Gasteiger partial charge in [0, 0.05) is 18.7 Å². The molecule has 3 heteroatoms. The van der Waals surface area contributed by atoms with Crippen molar-refractivity contribution in [1.29, 1.82) is 0 Å². The van der Waals surface area contributed by atoms with Gasteiger partial charge in [0.15, 0.2) is 0 Å². The van der Waals surface area contributed by atoms with E-state index in [0.717, 1.165) is 25.8 Å². The molecule has 0 aromatic heterocycles. The van der Waals surface area contributed by atoms with Gasteiger partial charge < -0.3 is 9.64 Å². The lowest BCUT2D eigenvalue weighted by Crippen LogP contribution is -2.40. The summed E-state index contributed by atoms with van der Waals surface area (Å²) in [6, 6.07) is 13.9. The normalized spacial score (nSPS) is 24.4. The van der Waals surface area contributed by atoms with E-state index >= 15 is 0 Å². The molecule has 2 aliphatic heterocycles. The van der Waals surface area contributed by atoms with Gasteiger partial charge in [-0.3, -0.25) is 4.79 Å². The average Bonchev–Trinajstić information content (AvgIpc) is 2.61. The highest BCUT2D eigenvalue weighted by atomic mass is 16.5. The minimum absolute atomic E-state index is 0.0776. The molecule has 3 aliphatic rings. The standard InChI is InChI=1S/C22H23NO2/c1-14-5-6-19-18(11-14)17-12-16-4-2-3-15-8-10-25-21(24)7-9-23(19)20(13-17)22(15)16/h2-6,11,17,20H,7-10,12-13H2,1H3. The Hall–Kier alpha value is -2.29. The molecule has 2 unspecified atom stereocenters. The first-order valence-corrected chi connectivity index (χ1v) is 9.34. The molecular formula is C22H23NO2. The molecule has 0 N–H and O–H groups in total. The van der Waals surface area contributed by atoms with Crippen molar-refractivity contribution in [3.63, 3.8) is 0 Å². The Labute approximate surface area is 148 Å². The lowest BCUT2D eigenvalue weighted by molar-refractivity contribution is -0.143. The van der Waals surface area contributed by atoms with E-state index in [9.17, 15) is 4.79 Å². The van der Waals surface area contributed by atoms with Crippen LogP contribution in [0.5, 0.6) is 0 Å². The van der Waals surface area contributed by atoms with Gasteiger partial charge in [-0.1, -0.05) is 35.9 Å². The summed E-state index contributed by atoms with van der Waals surface area (Å²) in [4.78, 5) is 14.6. The van der Waals surface area contributed by atoms with Crippen molar-refractivity contribution in [2.45, 2.75) is 44.6 Å². The summed E-state index contributed by atoms with van der Waals surface area (Å²) < 4.78 is 5.45. The van der Waals surface area contributed by atoms with Crippen molar-refractivity contribution in [1.82, 2.24) is 0 Å². The molecule has 0 fully saturated rings. The third-order valence-corrected chi connectivity index (χ3v) is 6.09. The SMILES string of the molecule is Cc1ccc2c(c1)C1Cc3cccc4c3C(C1)N2CCC(=O)OCC4. The number of rotatable bonds is 0. The van der Waals surface area contributed by atoms with Gasteiger partial charge in [-0.25, -0.2) is 0 Å². The molecule has 2 aromatic rings. The quantitative estimate of drug-likeness (QED) is 0.681. The summed E-state index contributed by atoms with van der Waals surface area (Å²) in [5, 5.41) is 0. The van der Waals surface area contributed by atoms with E-state index in [0.29, 0.717) is 25.0 Å². The average molecular weight is 333 g/mol. The lowest BCUT2D eigenvalue weighted by Gasteiger charge is -2.47. The van der Waals surface area contributed by atoms with Crippen LogP contribution in [0.25, 0.3) is 0 Å². The van der Waals surface area contributed by atoms with Crippen molar-refractivity contribution in [2.24, 2.45) is 0 Å². The van der Waals surface area contributed by atoms with Crippen molar-refractivity contribution in [3.8, 4) is 0 Å². The minimum Gasteiger partial charge on any atom is -0.465 e. The number of ether oxygens (including phenoxy) is 1. The molecule has 2 atom stereocenters. The topological polar surface area (TPSA) is 29.5 Å². The summed E-state index contributed by atoms with van der Waals surface area (Å²) in [6.07, 6.45) is 3.58. The second-order valence-electron chi connectivity index (χ2n) is 7.62. The third-order valence-electron chi connectivity index (χ3n) is 6.09. The molecule has 2 heterocycles. The number of cyclic esters (lactones) is 1. The number of fused-ring (bicyclic) bond motifs is 4. The number of benzene rings is 2. The predicted molar refractivity (Wildman–Crippen MR) is 98.1 cm³/mol. The number of carbonyl (C=O) groups is 1. The number of aryl methyl sites for hydroxylation is 1. The van der Waals surface area contributed by atoms with Crippen LogP contribution in [0.15, 0.2) is 36.4 Å². The molecule has 5 rings (SSSR count). The highest BCUT2D eigenvalue weighted by Crippen LogP contribution is 2.51. The third kappa shape index (κ3) is 2.37. The fourth-order valence-electron chi connectivity index (χ4n) is 5.01. The maximum absolute atomic E-state index is 12.1. The summed E-state index contributed by atoms with van der Waals surface area (Å²) in [6.45, 7) is 3.41. The van der Waals surface area contributed by atoms with Gasteiger partial charge in [0.2, 0.25) is 0 Å². The molecule has 0 spiro atoms. The zero-order valence-corrected chi connectivity index (χ0v) is 14.6. The van der Waals surface area contributed by atoms with Gasteiger partial charge in [0.25, 0.3) is 0 Å². The van der Waals surface area contributed by atoms with Crippen molar-refractivity contribution in [3.05, 3.63) is 64.2 Å². The van der Waals surface area contributed by atoms with E-state index in [-0.39, 0.29) is 5.97 Å². The summed E-state index contributed by atoms with van der Waals surface area (Å²) in [7, 11) is 0. The molecule has 0 saturated carbocycles. The van der Waals surface area contributed by atoms with Crippen LogP contribution < -0.4 is 4.90 Å². The van der Waals surface area contributed by atoms with Gasteiger partial charge in [-0.05, 0) is 54.0 Å². The van der Waals surface area contributed by atoms with Gasteiger partial charge in [0.05, 0.1) is 19.1 Å². The fraction of sp³-hybridized carbons (Fsp3) is 0.409. The fourth-order valence-corrected chi connectivity index (χ4v) is 5.01. The Balaban J connectivity index is 1.70. The lowest BCUT2D eigenvalue weighted by atomic mass is 9.71. The highest BCUT2D eigenvalue weighted by Gasteiger charge is 2.39. The molecule has 2 bridgehead atoms. The first-order chi connectivity index (χ1) is 12.2. The van der Waals surface area contributed by atoms with E-state index in [1.807, 2.05) is 0 Å². The summed E-state index contributed by atoms with van der Waals surface area (Å²) >= 11 is 0. The van der Waals surface area contributed by atoms with Gasteiger partial charge >= 0.3 is 5.97 Å². The molecule has 0 saturated heterocycles. The van der Waals surface area contributed by atoms with Crippen LogP contribution in [0.1, 0.15) is 52.6 Å². The molecule has 3 nitrogen and oxygen atoms in total. The zero-order valence-electron chi connectivity index (χ0n) is 14.6. The molecule has 128 valence electrons. The summed E-state index contributed by atoms with van der Waals surface area (Å²) in [5.41, 5.74) is 8.44. The Kier molecular flexibility index (Phi) is 3.37. The Morgan fingerprint density at radius 1 is 1.12 bits per heavy atom. The minimum atomic E-state index is -0.0776. The van der Waals surface area contributed by atoms with Crippen LogP contribution in [0.4, 0.5) is 5.69 Å². The molecule has 1 aliphatic carbocycles. The van der Waals surface area contributed by atoms with Crippen LogP contribution in [-0.4, -0.2) is 19.1 Å². The van der Waals surface area contributed by atoms with Gasteiger partial charge in [-0.15, -0.1) is 0 Å². The maximum atomic E-state index is 12.1. The number of hydrogen-bond acceptors (Lipinski definition) is 3.